The summed E-state index contributed by atoms with van der Waals surface area (Å²) in [5.74, 6) is -0.471. The standard InChI is InChI=1S/C15H20BN3O2/c1-11-7-6-8-17-13(11)19-9-12(18-10-19)16-20-14(2,3)15(4,5)21-16/h6-10H,1-5H3/i1D3,6D,7D,8D,9D,10D. The van der Waals surface area contributed by atoms with Gasteiger partial charge in [-0.25, -0.2) is 9.97 Å². The van der Waals surface area contributed by atoms with Gasteiger partial charge >= 0.3 is 7.12 Å². The van der Waals surface area contributed by atoms with Gasteiger partial charge in [0.1, 0.15) is 7.19 Å². The maximum Gasteiger partial charge on any atom is 0.516 e. The molecule has 6 heteroatoms. The lowest BCUT2D eigenvalue weighted by Crippen LogP contribution is -2.41. The van der Waals surface area contributed by atoms with Crippen molar-refractivity contribution in [2.75, 3.05) is 0 Å². The van der Waals surface area contributed by atoms with Crippen LogP contribution >= 0.6 is 0 Å². The molecule has 0 bridgehead atoms. The molecule has 3 rings (SSSR count). The number of pyridine rings is 1. The first kappa shape index (κ1) is 7.56. The topological polar surface area (TPSA) is 49.2 Å². The van der Waals surface area contributed by atoms with Crippen molar-refractivity contribution in [2.24, 2.45) is 0 Å². The molecular weight excluding hydrogens is 265 g/mol. The second-order valence-electron chi connectivity index (χ2n) is 5.80. The predicted octanol–water partition coefficient (Wildman–Crippen LogP) is 1.87. The van der Waals surface area contributed by atoms with Crippen LogP contribution in [0.5, 0.6) is 0 Å². The van der Waals surface area contributed by atoms with Crippen LogP contribution in [0, 0.1) is 6.85 Å². The molecule has 110 valence electrons. The van der Waals surface area contributed by atoms with Gasteiger partial charge in [0.2, 0.25) is 0 Å². The summed E-state index contributed by atoms with van der Waals surface area (Å²) in [6.07, 6.45) is -1.56. The van der Waals surface area contributed by atoms with E-state index in [1.807, 2.05) is 27.7 Å². The van der Waals surface area contributed by atoms with Crippen molar-refractivity contribution in [1.29, 1.82) is 0 Å². The van der Waals surface area contributed by atoms with Crippen LogP contribution in [0.4, 0.5) is 0 Å². The lowest BCUT2D eigenvalue weighted by Gasteiger charge is -2.32. The average molecular weight is 293 g/mol. The second-order valence-corrected chi connectivity index (χ2v) is 5.80. The quantitative estimate of drug-likeness (QED) is 0.793. The number of rotatable bonds is 2. The maximum atomic E-state index is 8.45. The molecule has 5 nitrogen and oxygen atoms in total. The molecule has 0 amide bonds. The lowest BCUT2D eigenvalue weighted by molar-refractivity contribution is 0.00578. The number of hydrogen-bond donors (Lipinski definition) is 0. The minimum absolute atomic E-state index is 0.0417. The molecule has 0 radical (unpaired) electrons. The van der Waals surface area contributed by atoms with Crippen molar-refractivity contribution >= 4 is 12.7 Å². The van der Waals surface area contributed by atoms with E-state index in [1.54, 1.807) is 0 Å². The van der Waals surface area contributed by atoms with Crippen LogP contribution in [-0.2, 0) is 9.31 Å². The first-order valence-corrected chi connectivity index (χ1v) is 6.48. The van der Waals surface area contributed by atoms with Crippen molar-refractivity contribution in [3.05, 3.63) is 36.3 Å². The largest absolute Gasteiger partial charge is 0.516 e. The van der Waals surface area contributed by atoms with Crippen LogP contribution in [0.25, 0.3) is 5.82 Å². The summed E-state index contributed by atoms with van der Waals surface area (Å²) in [4.78, 5) is 7.79. The predicted molar refractivity (Wildman–Crippen MR) is 81.8 cm³/mol. The highest BCUT2D eigenvalue weighted by molar-refractivity contribution is 6.61. The van der Waals surface area contributed by atoms with E-state index < -0.39 is 67.3 Å². The van der Waals surface area contributed by atoms with Gasteiger partial charge in [0.05, 0.1) is 28.6 Å². The molecule has 1 aliphatic rings. The van der Waals surface area contributed by atoms with Crippen molar-refractivity contribution in [3.8, 4) is 5.82 Å². The third kappa shape index (κ3) is 2.38. The fourth-order valence-corrected chi connectivity index (χ4v) is 1.87. The molecule has 2 aromatic rings. The van der Waals surface area contributed by atoms with Crippen LogP contribution in [0.2, 0.25) is 0 Å². The van der Waals surface area contributed by atoms with Crippen molar-refractivity contribution < 1.29 is 20.3 Å². The first-order valence-electron chi connectivity index (χ1n) is 10.5. The molecule has 0 unspecified atom stereocenters. The number of hydrogen-bond acceptors (Lipinski definition) is 4. The van der Waals surface area contributed by atoms with E-state index in [1.165, 1.54) is 0 Å². The minimum atomic E-state index is -2.85. The van der Waals surface area contributed by atoms with Gasteiger partial charge in [-0.2, -0.15) is 0 Å². The Bertz CT molecular complexity index is 973. The van der Waals surface area contributed by atoms with Crippen LogP contribution < -0.4 is 5.59 Å². The molecule has 21 heavy (non-hydrogen) atoms. The fraction of sp³-hybridized carbons (Fsp3) is 0.467. The van der Waals surface area contributed by atoms with Gasteiger partial charge in [-0.05, 0) is 46.2 Å². The summed E-state index contributed by atoms with van der Waals surface area (Å²) < 4.78 is 75.8. The molecule has 0 spiro atoms. The van der Waals surface area contributed by atoms with Crippen molar-refractivity contribution in [2.45, 2.75) is 45.7 Å². The Balaban J connectivity index is 2.21. The molecule has 0 aliphatic carbocycles. The van der Waals surface area contributed by atoms with Gasteiger partial charge in [-0.1, -0.05) is 6.04 Å². The van der Waals surface area contributed by atoms with Crippen LogP contribution in [0.3, 0.4) is 0 Å². The Labute approximate surface area is 136 Å². The third-order valence-electron chi connectivity index (χ3n) is 3.81. The monoisotopic (exact) mass is 293 g/mol. The van der Waals surface area contributed by atoms with Crippen molar-refractivity contribution in [3.63, 3.8) is 0 Å². The summed E-state index contributed by atoms with van der Waals surface area (Å²) in [6.45, 7) is 4.41. The maximum absolute atomic E-state index is 8.45. The average Bonchev–Trinajstić information content (AvgIpc) is 2.95. The van der Waals surface area contributed by atoms with Gasteiger partial charge < -0.3 is 9.31 Å². The zero-order chi connectivity index (χ0) is 22.1. The lowest BCUT2D eigenvalue weighted by atomic mass is 9.86. The van der Waals surface area contributed by atoms with Gasteiger partial charge in [0.25, 0.3) is 0 Å². The molecule has 1 aliphatic heterocycles. The summed E-state index contributed by atoms with van der Waals surface area (Å²) >= 11 is 0. The zero-order valence-corrected chi connectivity index (χ0v) is 12.2. The molecule has 0 aromatic carbocycles. The van der Waals surface area contributed by atoms with Crippen LogP contribution in [0.1, 0.15) is 44.2 Å². The smallest absolute Gasteiger partial charge is 0.398 e. The van der Waals surface area contributed by atoms with E-state index in [2.05, 4.69) is 9.97 Å². The first-order chi connectivity index (χ1) is 13.1. The van der Waals surface area contributed by atoms with Crippen LogP contribution in [0.15, 0.2) is 30.7 Å². The fourth-order valence-electron chi connectivity index (χ4n) is 1.87. The Morgan fingerprint density at radius 2 is 1.95 bits per heavy atom. The van der Waals surface area contributed by atoms with E-state index in [0.29, 0.717) is 0 Å². The van der Waals surface area contributed by atoms with E-state index in [0.717, 1.165) is 4.57 Å². The molecule has 2 aromatic heterocycles. The molecule has 0 N–H and O–H groups in total. The summed E-state index contributed by atoms with van der Waals surface area (Å²) in [5.41, 5.74) is -2.10. The van der Waals surface area contributed by atoms with Gasteiger partial charge in [-0.15, -0.1) is 0 Å². The molecular formula is C15H20BN3O2. The van der Waals surface area contributed by atoms with Gasteiger partial charge in [0.15, 0.2) is 0 Å². The Hall–Kier alpha value is -1.66. The summed E-state index contributed by atoms with van der Waals surface area (Å²) in [6, 6.07) is -1.35. The number of aromatic nitrogens is 3. The highest BCUT2D eigenvalue weighted by atomic mass is 16.7. The van der Waals surface area contributed by atoms with E-state index in [-0.39, 0.29) is 5.59 Å². The van der Waals surface area contributed by atoms with E-state index in [9.17, 15) is 0 Å². The summed E-state index contributed by atoms with van der Waals surface area (Å²) in [5, 5.41) is 0. The van der Waals surface area contributed by atoms with Crippen LogP contribution in [-0.4, -0.2) is 32.9 Å². The Morgan fingerprint density at radius 3 is 2.62 bits per heavy atom. The van der Waals surface area contributed by atoms with Gasteiger partial charge in [-0.3, -0.25) is 4.57 Å². The SMILES string of the molecule is [2H]c1nc(-n2c([2H])nc(B3OC(C)(C)C(C)(C)O3)c2[2H])c(C([2H])([2H])[2H])c([2H])c1[2H]. The molecule has 0 saturated carbocycles. The van der Waals surface area contributed by atoms with E-state index in [4.69, 9.17) is 20.3 Å². The van der Waals surface area contributed by atoms with Gasteiger partial charge in [0, 0.05) is 16.5 Å². The highest BCUT2D eigenvalue weighted by Gasteiger charge is 2.52. The molecule has 1 saturated heterocycles. The molecule has 1 fully saturated rings. The van der Waals surface area contributed by atoms with E-state index >= 15 is 0 Å². The Morgan fingerprint density at radius 1 is 1.24 bits per heavy atom. The normalized spacial score (nSPS) is 26.0. The molecule has 3 heterocycles. The minimum Gasteiger partial charge on any atom is -0.398 e. The second kappa shape index (κ2) is 4.68. The molecule has 0 atom stereocenters. The Kier molecular flexibility index (Phi) is 1.68. The number of nitrogens with zero attached hydrogens (tertiary/aromatic N) is 3. The zero-order valence-electron chi connectivity index (χ0n) is 20.2. The van der Waals surface area contributed by atoms with Crippen molar-refractivity contribution in [1.82, 2.24) is 14.5 Å². The third-order valence-corrected chi connectivity index (χ3v) is 3.81. The number of imidazole rings is 1. The highest BCUT2D eigenvalue weighted by Crippen LogP contribution is 2.36. The summed E-state index contributed by atoms with van der Waals surface area (Å²) in [7, 11) is -1.06.